The minimum atomic E-state index is -3.73. The molecule has 1 saturated carbocycles. The van der Waals surface area contributed by atoms with Crippen LogP contribution >= 0.6 is 0 Å². The van der Waals surface area contributed by atoms with Crippen molar-refractivity contribution in [3.8, 4) is 0 Å². The molecule has 8 heteroatoms. The van der Waals surface area contributed by atoms with E-state index in [1.165, 1.54) is 0 Å². The van der Waals surface area contributed by atoms with Crippen LogP contribution in [0.1, 0.15) is 36.8 Å². The van der Waals surface area contributed by atoms with E-state index in [4.69, 9.17) is 10.5 Å². The number of hydrogen-bond donors (Lipinski definition) is 3. The lowest BCUT2D eigenvalue weighted by Crippen LogP contribution is -2.47. The fourth-order valence-corrected chi connectivity index (χ4v) is 4.53. The predicted molar refractivity (Wildman–Crippen MR) is 93.1 cm³/mol. The van der Waals surface area contributed by atoms with E-state index in [9.17, 15) is 13.2 Å². The largest absolute Gasteiger partial charge is 0.372 e. The van der Waals surface area contributed by atoms with Gasteiger partial charge in [0.1, 0.15) is 0 Å². The van der Waals surface area contributed by atoms with Crippen LogP contribution in [0.25, 0.3) is 0 Å². The lowest BCUT2D eigenvalue weighted by atomic mass is 9.84. The molecule has 0 aromatic heterocycles. The number of amides is 1. The maximum Gasteiger partial charge on any atom is 0.241 e. The van der Waals surface area contributed by atoms with Crippen LogP contribution in [0.15, 0.2) is 23.1 Å². The van der Waals surface area contributed by atoms with E-state index < -0.39 is 10.0 Å². The fraction of sp³-hybridized carbons (Fsp3) is 0.588. The second kappa shape index (κ2) is 7.82. The van der Waals surface area contributed by atoms with Gasteiger partial charge < -0.3 is 15.8 Å². The van der Waals surface area contributed by atoms with E-state index in [0.29, 0.717) is 19.8 Å². The molecule has 25 heavy (non-hydrogen) atoms. The van der Waals surface area contributed by atoms with Gasteiger partial charge in [0.05, 0.1) is 24.7 Å². The van der Waals surface area contributed by atoms with Crippen LogP contribution in [-0.4, -0.2) is 33.5 Å². The molecule has 2 atom stereocenters. The summed E-state index contributed by atoms with van der Waals surface area (Å²) < 4.78 is 32.5. The van der Waals surface area contributed by atoms with Crippen LogP contribution in [0.4, 0.5) is 0 Å². The Morgan fingerprint density at radius 1 is 1.20 bits per heavy atom. The molecule has 138 valence electrons. The number of nitrogens with two attached hydrogens (primary N) is 1. The minimum Gasteiger partial charge on any atom is -0.372 e. The van der Waals surface area contributed by atoms with Crippen LogP contribution in [0.5, 0.6) is 0 Å². The molecule has 1 aromatic rings. The van der Waals surface area contributed by atoms with Gasteiger partial charge in [0.2, 0.25) is 15.9 Å². The van der Waals surface area contributed by atoms with E-state index >= 15 is 0 Å². The highest BCUT2D eigenvalue weighted by atomic mass is 32.2. The molecule has 1 fully saturated rings. The topological polar surface area (TPSA) is 111 Å². The smallest absolute Gasteiger partial charge is 0.241 e. The van der Waals surface area contributed by atoms with Crippen molar-refractivity contribution in [3.05, 3.63) is 29.3 Å². The van der Waals surface area contributed by atoms with Crippen LogP contribution in [0.2, 0.25) is 0 Å². The van der Waals surface area contributed by atoms with Crippen molar-refractivity contribution < 1.29 is 17.9 Å². The first-order chi connectivity index (χ1) is 12.0. The summed E-state index contributed by atoms with van der Waals surface area (Å²) in [6.45, 7) is 1.19. The van der Waals surface area contributed by atoms with Crippen LogP contribution < -0.4 is 15.8 Å². The molecule has 7 nitrogen and oxygen atoms in total. The van der Waals surface area contributed by atoms with Gasteiger partial charge in [-0.1, -0.05) is 18.9 Å². The van der Waals surface area contributed by atoms with E-state index in [2.05, 4.69) is 10.0 Å². The molecule has 0 radical (unpaired) electrons. The SMILES string of the molecule is NCC1CCCCC1NC(=O)CNS(=O)(=O)c1ccc2c(c1)COC2. The highest BCUT2D eigenvalue weighted by molar-refractivity contribution is 7.89. The zero-order chi connectivity index (χ0) is 17.9. The summed E-state index contributed by atoms with van der Waals surface area (Å²) in [5.41, 5.74) is 7.64. The van der Waals surface area contributed by atoms with Gasteiger partial charge in [-0.3, -0.25) is 4.79 Å². The van der Waals surface area contributed by atoms with Crippen molar-refractivity contribution in [2.45, 2.75) is 49.8 Å². The van der Waals surface area contributed by atoms with Crippen molar-refractivity contribution in [2.24, 2.45) is 11.7 Å². The number of benzene rings is 1. The summed E-state index contributed by atoms with van der Waals surface area (Å²) in [7, 11) is -3.73. The molecule has 0 spiro atoms. The van der Waals surface area contributed by atoms with Crippen molar-refractivity contribution in [3.63, 3.8) is 0 Å². The fourth-order valence-electron chi connectivity index (χ4n) is 3.50. The van der Waals surface area contributed by atoms with E-state index in [0.717, 1.165) is 36.8 Å². The lowest BCUT2D eigenvalue weighted by molar-refractivity contribution is -0.121. The number of carbonyl (C=O) groups excluding carboxylic acids is 1. The van der Waals surface area contributed by atoms with E-state index in [-0.39, 0.29) is 29.3 Å². The molecule has 1 aliphatic heterocycles. The average molecular weight is 367 g/mol. The normalized spacial score (nSPS) is 23.2. The summed E-state index contributed by atoms with van der Waals surface area (Å²) in [6, 6.07) is 4.94. The monoisotopic (exact) mass is 367 g/mol. The Bertz CT molecular complexity index is 735. The number of hydrogen-bond acceptors (Lipinski definition) is 5. The first kappa shape index (κ1) is 18.3. The van der Waals surface area contributed by atoms with E-state index in [1.807, 2.05) is 0 Å². The third kappa shape index (κ3) is 4.38. The number of ether oxygens (including phenoxy) is 1. The third-order valence-corrected chi connectivity index (χ3v) is 6.38. The molecule has 4 N–H and O–H groups in total. The maximum absolute atomic E-state index is 12.4. The summed E-state index contributed by atoms with van der Waals surface area (Å²) in [4.78, 5) is 12.3. The number of nitrogens with one attached hydrogen (secondary N) is 2. The average Bonchev–Trinajstić information content (AvgIpc) is 3.08. The Balaban J connectivity index is 1.57. The lowest BCUT2D eigenvalue weighted by Gasteiger charge is -2.31. The Hall–Kier alpha value is -1.48. The molecule has 1 aromatic carbocycles. The minimum absolute atomic E-state index is 0.0351. The molecular formula is C17H25N3O4S. The number of rotatable bonds is 6. The first-order valence-electron chi connectivity index (χ1n) is 8.68. The summed E-state index contributed by atoms with van der Waals surface area (Å²) in [5, 5.41) is 2.92. The zero-order valence-electron chi connectivity index (χ0n) is 14.2. The van der Waals surface area contributed by atoms with Crippen LogP contribution in [0, 0.1) is 5.92 Å². The molecule has 1 heterocycles. The molecule has 0 bridgehead atoms. The van der Waals surface area contributed by atoms with Gasteiger partial charge in [-0.25, -0.2) is 13.1 Å². The molecule has 1 amide bonds. The highest BCUT2D eigenvalue weighted by Crippen LogP contribution is 2.24. The van der Waals surface area contributed by atoms with Gasteiger partial charge in [-0.2, -0.15) is 0 Å². The molecule has 2 unspecified atom stereocenters. The quantitative estimate of drug-likeness (QED) is 0.683. The van der Waals surface area contributed by atoms with Gasteiger partial charge in [0, 0.05) is 6.04 Å². The Labute approximate surface area is 148 Å². The van der Waals surface area contributed by atoms with Gasteiger partial charge >= 0.3 is 0 Å². The Kier molecular flexibility index (Phi) is 5.73. The number of fused-ring (bicyclic) bond motifs is 1. The zero-order valence-corrected chi connectivity index (χ0v) is 15.0. The van der Waals surface area contributed by atoms with Crippen LogP contribution in [-0.2, 0) is 32.8 Å². The standard InChI is InChI=1S/C17H25N3O4S/c18-8-12-3-1-2-4-16(12)20-17(21)9-19-25(22,23)15-6-5-13-10-24-11-14(13)7-15/h5-7,12,16,19H,1-4,8-11,18H2,(H,20,21). The third-order valence-electron chi connectivity index (χ3n) is 4.98. The maximum atomic E-state index is 12.4. The molecule has 0 saturated heterocycles. The molecule has 2 aliphatic rings. The number of sulfonamides is 1. The van der Waals surface area contributed by atoms with Crippen molar-refractivity contribution >= 4 is 15.9 Å². The highest BCUT2D eigenvalue weighted by Gasteiger charge is 2.26. The summed E-state index contributed by atoms with van der Waals surface area (Å²) >= 11 is 0. The Morgan fingerprint density at radius 2 is 1.96 bits per heavy atom. The van der Waals surface area contributed by atoms with Crippen molar-refractivity contribution in [1.82, 2.24) is 10.0 Å². The van der Waals surface area contributed by atoms with Crippen molar-refractivity contribution in [2.75, 3.05) is 13.1 Å². The molecule has 1 aliphatic carbocycles. The predicted octanol–water partition coefficient (Wildman–Crippen LogP) is 0.629. The first-order valence-corrected chi connectivity index (χ1v) is 10.2. The second-order valence-corrected chi connectivity index (χ2v) is 8.47. The van der Waals surface area contributed by atoms with Crippen molar-refractivity contribution in [1.29, 1.82) is 0 Å². The molecular weight excluding hydrogens is 342 g/mol. The van der Waals surface area contributed by atoms with Gasteiger partial charge in [0.25, 0.3) is 0 Å². The second-order valence-electron chi connectivity index (χ2n) is 6.70. The summed E-state index contributed by atoms with van der Waals surface area (Å²) in [5.74, 6) is -0.0514. The summed E-state index contributed by atoms with van der Waals surface area (Å²) in [6.07, 6.45) is 4.09. The van der Waals surface area contributed by atoms with E-state index in [1.54, 1.807) is 18.2 Å². The van der Waals surface area contributed by atoms with Crippen LogP contribution in [0.3, 0.4) is 0 Å². The van der Waals surface area contributed by atoms with Gasteiger partial charge in [0.15, 0.2) is 0 Å². The molecule has 3 rings (SSSR count). The Morgan fingerprint density at radius 3 is 2.76 bits per heavy atom. The van der Waals surface area contributed by atoms with Gasteiger partial charge in [-0.15, -0.1) is 0 Å². The number of carbonyl (C=O) groups is 1. The van der Waals surface area contributed by atoms with Gasteiger partial charge in [-0.05, 0) is 48.6 Å².